The van der Waals surface area contributed by atoms with E-state index in [4.69, 9.17) is 0 Å². The highest BCUT2D eigenvalue weighted by atomic mass is 32.2. The van der Waals surface area contributed by atoms with Gasteiger partial charge in [0, 0.05) is 19.1 Å². The van der Waals surface area contributed by atoms with E-state index in [-0.39, 0.29) is 23.3 Å². The molecule has 0 aromatic heterocycles. The second-order valence-corrected chi connectivity index (χ2v) is 8.00. The van der Waals surface area contributed by atoms with E-state index in [1.54, 1.807) is 0 Å². The number of carbonyl (C=O) groups is 1. The zero-order chi connectivity index (χ0) is 13.9. The highest BCUT2D eigenvalue weighted by molar-refractivity contribution is 7.91. The van der Waals surface area contributed by atoms with Crippen molar-refractivity contribution >= 4 is 15.7 Å². The van der Waals surface area contributed by atoms with Gasteiger partial charge >= 0.3 is 0 Å². The molecule has 5 nitrogen and oxygen atoms in total. The number of nitrogens with zero attached hydrogens (tertiary/aromatic N) is 1. The molecule has 0 saturated carbocycles. The second-order valence-electron chi connectivity index (χ2n) is 5.77. The zero-order valence-electron chi connectivity index (χ0n) is 11.6. The molecule has 0 aromatic carbocycles. The van der Waals surface area contributed by atoms with Gasteiger partial charge in [-0.25, -0.2) is 8.42 Å². The molecule has 1 N–H and O–H groups in total. The van der Waals surface area contributed by atoms with Gasteiger partial charge in [-0.1, -0.05) is 6.42 Å². The van der Waals surface area contributed by atoms with E-state index in [1.807, 2.05) is 0 Å². The Morgan fingerprint density at radius 3 is 2.74 bits per heavy atom. The molecule has 2 atom stereocenters. The van der Waals surface area contributed by atoms with Crippen molar-refractivity contribution in [1.29, 1.82) is 0 Å². The van der Waals surface area contributed by atoms with Crippen LogP contribution in [-0.4, -0.2) is 56.4 Å². The van der Waals surface area contributed by atoms with Crippen molar-refractivity contribution in [3.63, 3.8) is 0 Å². The molecular formula is C13H24N2O3S. The quantitative estimate of drug-likeness (QED) is 0.814. The van der Waals surface area contributed by atoms with E-state index in [2.05, 4.69) is 17.1 Å². The molecule has 2 aliphatic rings. The lowest BCUT2D eigenvalue weighted by Crippen LogP contribution is -2.43. The largest absolute Gasteiger partial charge is 0.355 e. The van der Waals surface area contributed by atoms with Crippen LogP contribution in [-0.2, 0) is 14.6 Å². The van der Waals surface area contributed by atoms with E-state index < -0.39 is 9.84 Å². The molecule has 1 amide bonds. The first-order chi connectivity index (χ1) is 8.98. The van der Waals surface area contributed by atoms with Crippen molar-refractivity contribution in [2.24, 2.45) is 5.92 Å². The van der Waals surface area contributed by atoms with Crippen molar-refractivity contribution < 1.29 is 13.2 Å². The molecule has 2 fully saturated rings. The predicted molar refractivity (Wildman–Crippen MR) is 74.7 cm³/mol. The van der Waals surface area contributed by atoms with Crippen LogP contribution in [0.5, 0.6) is 0 Å². The minimum atomic E-state index is -2.97. The van der Waals surface area contributed by atoms with E-state index in [1.165, 1.54) is 19.3 Å². The molecule has 110 valence electrons. The summed E-state index contributed by atoms with van der Waals surface area (Å²) >= 11 is 0. The van der Waals surface area contributed by atoms with Gasteiger partial charge in [0.05, 0.1) is 17.4 Å². The number of nitrogens with one attached hydrogen (secondary N) is 1. The minimum Gasteiger partial charge on any atom is -0.355 e. The average molecular weight is 288 g/mol. The summed E-state index contributed by atoms with van der Waals surface area (Å²) in [6, 6.07) is 0.595. The molecule has 2 rings (SSSR count). The summed E-state index contributed by atoms with van der Waals surface area (Å²) in [6.45, 7) is 4.82. The van der Waals surface area contributed by atoms with Crippen molar-refractivity contribution in [1.82, 2.24) is 10.2 Å². The number of likely N-dealkylation sites (tertiary alicyclic amines) is 1. The molecular weight excluding hydrogens is 264 g/mol. The molecule has 0 aromatic rings. The van der Waals surface area contributed by atoms with E-state index in [9.17, 15) is 13.2 Å². The predicted octanol–water partition coefficient (Wildman–Crippen LogP) is 0.412. The van der Waals surface area contributed by atoms with Crippen molar-refractivity contribution in [3.05, 3.63) is 0 Å². The Labute approximate surface area is 115 Å². The maximum atomic E-state index is 11.9. The molecule has 6 heteroatoms. The van der Waals surface area contributed by atoms with Crippen molar-refractivity contribution in [2.45, 2.75) is 38.6 Å². The summed E-state index contributed by atoms with van der Waals surface area (Å²) in [7, 11) is -2.97. The third-order valence-corrected chi connectivity index (χ3v) is 6.01. The summed E-state index contributed by atoms with van der Waals surface area (Å²) in [5, 5.41) is 2.89. The van der Waals surface area contributed by atoms with Gasteiger partial charge in [0.15, 0.2) is 9.84 Å². The first-order valence-corrected chi connectivity index (χ1v) is 9.02. The SMILES string of the molecule is C[C@@H]1CCCCN1CCNC(=O)[C@H]1CCS(=O)(=O)C1. The standard InChI is InChI=1S/C13H24N2O3S/c1-11-4-2-3-7-15(11)8-6-14-13(16)12-5-9-19(17,18)10-12/h11-12H,2-10H2,1H3,(H,14,16)/t11-,12+/m1/s1. The lowest BCUT2D eigenvalue weighted by molar-refractivity contribution is -0.124. The minimum absolute atomic E-state index is 0.0267. The van der Waals surface area contributed by atoms with Crippen LogP contribution in [0.2, 0.25) is 0 Å². The molecule has 0 spiro atoms. The Kier molecular flexibility index (Phi) is 4.84. The average Bonchev–Trinajstić information content (AvgIpc) is 2.72. The molecule has 19 heavy (non-hydrogen) atoms. The summed E-state index contributed by atoms with van der Waals surface area (Å²) in [6.07, 6.45) is 4.24. The van der Waals surface area contributed by atoms with E-state index in [0.717, 1.165) is 13.1 Å². The number of amides is 1. The van der Waals surface area contributed by atoms with Gasteiger partial charge in [-0.15, -0.1) is 0 Å². The number of sulfone groups is 1. The molecule has 0 aliphatic carbocycles. The number of rotatable bonds is 4. The Morgan fingerprint density at radius 1 is 1.32 bits per heavy atom. The second kappa shape index (κ2) is 6.22. The molecule has 0 radical (unpaired) electrons. The van der Waals surface area contributed by atoms with Gasteiger partial charge in [-0.05, 0) is 32.7 Å². The summed E-state index contributed by atoms with van der Waals surface area (Å²) < 4.78 is 22.6. The van der Waals surface area contributed by atoms with Gasteiger partial charge < -0.3 is 5.32 Å². The van der Waals surface area contributed by atoms with E-state index >= 15 is 0 Å². The van der Waals surface area contributed by atoms with Crippen LogP contribution in [0.15, 0.2) is 0 Å². The van der Waals surface area contributed by atoms with Gasteiger partial charge in [0.1, 0.15) is 0 Å². The lowest BCUT2D eigenvalue weighted by atomic mass is 10.0. The Bertz CT molecular complexity index is 422. The normalized spacial score (nSPS) is 31.2. The maximum absolute atomic E-state index is 11.9. The van der Waals surface area contributed by atoms with Crippen molar-refractivity contribution in [3.8, 4) is 0 Å². The van der Waals surface area contributed by atoms with Crippen LogP contribution in [0.3, 0.4) is 0 Å². The van der Waals surface area contributed by atoms with Crippen LogP contribution in [0.1, 0.15) is 32.6 Å². The fourth-order valence-electron chi connectivity index (χ4n) is 2.96. The molecule has 2 heterocycles. The summed E-state index contributed by atoms with van der Waals surface area (Å²) in [5.41, 5.74) is 0. The van der Waals surface area contributed by atoms with E-state index in [0.29, 0.717) is 19.0 Å². The highest BCUT2D eigenvalue weighted by Crippen LogP contribution is 2.18. The monoisotopic (exact) mass is 288 g/mol. The summed E-state index contributed by atoms with van der Waals surface area (Å²) in [4.78, 5) is 14.3. The summed E-state index contributed by atoms with van der Waals surface area (Å²) in [5.74, 6) is -0.234. The van der Waals surface area contributed by atoms with Crippen LogP contribution in [0, 0.1) is 5.92 Å². The molecule has 2 aliphatic heterocycles. The van der Waals surface area contributed by atoms with Gasteiger partial charge in [0.25, 0.3) is 0 Å². The first-order valence-electron chi connectivity index (χ1n) is 7.20. The van der Waals surface area contributed by atoms with Crippen LogP contribution >= 0.6 is 0 Å². The third-order valence-electron chi connectivity index (χ3n) is 4.24. The number of piperidine rings is 1. The fourth-order valence-corrected chi connectivity index (χ4v) is 4.70. The van der Waals surface area contributed by atoms with Crippen LogP contribution < -0.4 is 5.32 Å². The Balaban J connectivity index is 1.69. The molecule has 2 saturated heterocycles. The Morgan fingerprint density at radius 2 is 2.11 bits per heavy atom. The molecule has 0 unspecified atom stereocenters. The highest BCUT2D eigenvalue weighted by Gasteiger charge is 2.32. The third kappa shape index (κ3) is 4.18. The Hall–Kier alpha value is -0.620. The maximum Gasteiger partial charge on any atom is 0.224 e. The van der Waals surface area contributed by atoms with Crippen LogP contribution in [0.4, 0.5) is 0 Å². The molecule has 0 bridgehead atoms. The number of hydrogen-bond acceptors (Lipinski definition) is 4. The smallest absolute Gasteiger partial charge is 0.224 e. The van der Waals surface area contributed by atoms with Crippen LogP contribution in [0.25, 0.3) is 0 Å². The van der Waals surface area contributed by atoms with Gasteiger partial charge in [-0.3, -0.25) is 9.69 Å². The number of hydrogen-bond donors (Lipinski definition) is 1. The van der Waals surface area contributed by atoms with Crippen molar-refractivity contribution in [2.75, 3.05) is 31.1 Å². The topological polar surface area (TPSA) is 66.5 Å². The lowest BCUT2D eigenvalue weighted by Gasteiger charge is -2.33. The first kappa shape index (κ1) is 14.8. The fraction of sp³-hybridized carbons (Fsp3) is 0.923. The zero-order valence-corrected chi connectivity index (χ0v) is 12.4. The number of carbonyl (C=O) groups excluding carboxylic acids is 1. The van der Waals surface area contributed by atoms with Gasteiger partial charge in [0.2, 0.25) is 5.91 Å². The van der Waals surface area contributed by atoms with Gasteiger partial charge in [-0.2, -0.15) is 0 Å².